The molecule has 1 atom stereocenters. The number of carbonyl (C=O) groups excluding carboxylic acids is 1. The zero-order valence-electron chi connectivity index (χ0n) is 10.7. The lowest BCUT2D eigenvalue weighted by molar-refractivity contribution is -0.142. The third kappa shape index (κ3) is 2.97. The molecular weight excluding hydrogens is 218 g/mol. The van der Waals surface area contributed by atoms with Crippen LogP contribution < -0.4 is 10.5 Å². The number of carbonyl (C=O) groups is 1. The quantitative estimate of drug-likeness (QED) is 0.813. The van der Waals surface area contributed by atoms with E-state index in [0.717, 1.165) is 5.56 Å². The van der Waals surface area contributed by atoms with Crippen molar-refractivity contribution in [1.29, 1.82) is 0 Å². The fourth-order valence-corrected chi connectivity index (χ4v) is 1.61. The van der Waals surface area contributed by atoms with Crippen molar-refractivity contribution in [1.82, 2.24) is 0 Å². The number of hydrogen-bond donors (Lipinski definition) is 1. The van der Waals surface area contributed by atoms with Crippen LogP contribution in [0.3, 0.4) is 0 Å². The summed E-state index contributed by atoms with van der Waals surface area (Å²) in [7, 11) is 2.87. The molecule has 0 aliphatic heterocycles. The van der Waals surface area contributed by atoms with Crippen LogP contribution in [-0.4, -0.2) is 20.2 Å². The second kappa shape index (κ2) is 5.68. The van der Waals surface area contributed by atoms with E-state index < -0.39 is 12.0 Å². The molecule has 0 amide bonds. The van der Waals surface area contributed by atoms with E-state index in [4.69, 9.17) is 10.5 Å². The average Bonchev–Trinajstić information content (AvgIpc) is 2.35. The van der Waals surface area contributed by atoms with Crippen molar-refractivity contribution in [3.8, 4) is 5.75 Å². The van der Waals surface area contributed by atoms with E-state index in [2.05, 4.69) is 18.6 Å². The Morgan fingerprint density at radius 3 is 2.41 bits per heavy atom. The molecule has 1 aromatic carbocycles. The number of methoxy groups -OCH3 is 2. The number of nitrogens with two attached hydrogens (primary N) is 1. The van der Waals surface area contributed by atoms with Gasteiger partial charge in [0.2, 0.25) is 0 Å². The molecule has 0 heterocycles. The highest BCUT2D eigenvalue weighted by molar-refractivity contribution is 5.78. The van der Waals surface area contributed by atoms with Gasteiger partial charge in [-0.2, -0.15) is 0 Å². The predicted molar refractivity (Wildman–Crippen MR) is 66.0 cm³/mol. The smallest absolute Gasteiger partial charge is 0.327 e. The number of rotatable bonds is 4. The maximum absolute atomic E-state index is 11.5. The van der Waals surface area contributed by atoms with Crippen LogP contribution in [-0.2, 0) is 9.53 Å². The summed E-state index contributed by atoms with van der Waals surface area (Å²) in [6.07, 6.45) is 0. The van der Waals surface area contributed by atoms with Gasteiger partial charge in [0.25, 0.3) is 0 Å². The lowest BCUT2D eigenvalue weighted by atomic mass is 9.97. The molecule has 0 spiro atoms. The van der Waals surface area contributed by atoms with Crippen molar-refractivity contribution >= 4 is 5.97 Å². The molecule has 94 valence electrons. The van der Waals surface area contributed by atoms with Crippen LogP contribution >= 0.6 is 0 Å². The van der Waals surface area contributed by atoms with Crippen molar-refractivity contribution < 1.29 is 14.3 Å². The van der Waals surface area contributed by atoms with Crippen molar-refractivity contribution in [3.63, 3.8) is 0 Å². The Kier molecular flexibility index (Phi) is 4.52. The summed E-state index contributed by atoms with van der Waals surface area (Å²) >= 11 is 0. The summed E-state index contributed by atoms with van der Waals surface area (Å²) in [5, 5.41) is 0. The van der Waals surface area contributed by atoms with Gasteiger partial charge in [0.15, 0.2) is 0 Å². The summed E-state index contributed by atoms with van der Waals surface area (Å²) in [5.74, 6) is 0.501. The summed E-state index contributed by atoms with van der Waals surface area (Å²) < 4.78 is 9.85. The Morgan fingerprint density at radius 1 is 1.29 bits per heavy atom. The maximum atomic E-state index is 11.5. The summed E-state index contributed by atoms with van der Waals surface area (Å²) in [6.45, 7) is 4.16. The molecule has 0 saturated heterocycles. The average molecular weight is 237 g/mol. The molecule has 2 N–H and O–H groups in total. The second-order valence-corrected chi connectivity index (χ2v) is 4.16. The number of esters is 1. The zero-order valence-corrected chi connectivity index (χ0v) is 10.7. The molecule has 1 aromatic rings. The van der Waals surface area contributed by atoms with Crippen LogP contribution in [0.25, 0.3) is 0 Å². The van der Waals surface area contributed by atoms with Crippen molar-refractivity contribution in [3.05, 3.63) is 29.3 Å². The van der Waals surface area contributed by atoms with Gasteiger partial charge < -0.3 is 15.2 Å². The van der Waals surface area contributed by atoms with Gasteiger partial charge >= 0.3 is 5.97 Å². The normalized spacial score (nSPS) is 12.4. The second-order valence-electron chi connectivity index (χ2n) is 4.16. The van der Waals surface area contributed by atoms with E-state index in [1.807, 2.05) is 18.2 Å². The zero-order chi connectivity index (χ0) is 13.0. The first-order valence-corrected chi connectivity index (χ1v) is 5.52. The van der Waals surface area contributed by atoms with Gasteiger partial charge in [0, 0.05) is 5.56 Å². The Bertz CT molecular complexity index is 402. The van der Waals surface area contributed by atoms with Crippen LogP contribution in [0, 0.1) is 0 Å². The van der Waals surface area contributed by atoms with E-state index in [9.17, 15) is 4.79 Å². The van der Waals surface area contributed by atoms with Crippen molar-refractivity contribution in [2.24, 2.45) is 5.73 Å². The molecular formula is C13H19NO3. The molecule has 0 saturated carbocycles. The van der Waals surface area contributed by atoms with Gasteiger partial charge in [-0.25, -0.2) is 0 Å². The van der Waals surface area contributed by atoms with Crippen LogP contribution in [0.1, 0.15) is 36.9 Å². The van der Waals surface area contributed by atoms with Crippen molar-refractivity contribution in [2.75, 3.05) is 14.2 Å². The minimum Gasteiger partial charge on any atom is -0.496 e. The Hall–Kier alpha value is -1.55. The molecule has 4 heteroatoms. The molecule has 0 unspecified atom stereocenters. The van der Waals surface area contributed by atoms with Crippen LogP contribution in [0.5, 0.6) is 5.75 Å². The van der Waals surface area contributed by atoms with E-state index in [1.54, 1.807) is 7.11 Å². The lowest BCUT2D eigenvalue weighted by Gasteiger charge is -2.16. The Morgan fingerprint density at radius 2 is 1.94 bits per heavy atom. The number of hydrogen-bond acceptors (Lipinski definition) is 4. The monoisotopic (exact) mass is 237 g/mol. The maximum Gasteiger partial charge on any atom is 0.327 e. The SMILES string of the molecule is COC(=O)[C@@H](N)c1cc(C(C)C)ccc1OC. The largest absolute Gasteiger partial charge is 0.496 e. The number of benzene rings is 1. The van der Waals surface area contributed by atoms with Crippen LogP contribution in [0.4, 0.5) is 0 Å². The fourth-order valence-electron chi connectivity index (χ4n) is 1.61. The van der Waals surface area contributed by atoms with E-state index in [-0.39, 0.29) is 0 Å². The van der Waals surface area contributed by atoms with Crippen molar-refractivity contribution in [2.45, 2.75) is 25.8 Å². The highest BCUT2D eigenvalue weighted by atomic mass is 16.5. The first kappa shape index (κ1) is 13.5. The van der Waals surface area contributed by atoms with Crippen LogP contribution in [0.15, 0.2) is 18.2 Å². The van der Waals surface area contributed by atoms with Gasteiger partial charge in [-0.1, -0.05) is 19.9 Å². The first-order chi connectivity index (χ1) is 8.01. The molecule has 0 fully saturated rings. The molecule has 0 aliphatic rings. The predicted octanol–water partition coefficient (Wildman–Crippen LogP) is 1.99. The third-order valence-corrected chi connectivity index (χ3v) is 2.71. The lowest BCUT2D eigenvalue weighted by Crippen LogP contribution is -2.23. The summed E-state index contributed by atoms with van der Waals surface area (Å²) in [5.41, 5.74) is 7.61. The molecule has 1 rings (SSSR count). The third-order valence-electron chi connectivity index (χ3n) is 2.71. The van der Waals surface area contributed by atoms with E-state index in [0.29, 0.717) is 17.2 Å². The highest BCUT2D eigenvalue weighted by Crippen LogP contribution is 2.28. The molecule has 0 radical (unpaired) electrons. The van der Waals surface area contributed by atoms with Gasteiger partial charge in [0.05, 0.1) is 14.2 Å². The molecule has 0 bridgehead atoms. The molecule has 17 heavy (non-hydrogen) atoms. The van der Waals surface area contributed by atoms with Gasteiger partial charge in [0.1, 0.15) is 11.8 Å². The fraction of sp³-hybridized carbons (Fsp3) is 0.462. The van der Waals surface area contributed by atoms with E-state index >= 15 is 0 Å². The topological polar surface area (TPSA) is 61.5 Å². The minimum absolute atomic E-state index is 0.365. The summed E-state index contributed by atoms with van der Waals surface area (Å²) in [4.78, 5) is 11.5. The number of ether oxygens (including phenoxy) is 2. The van der Waals surface area contributed by atoms with Gasteiger partial charge in [-0.05, 0) is 23.6 Å². The minimum atomic E-state index is -0.811. The Labute approximate surface area is 102 Å². The standard InChI is InChI=1S/C13H19NO3/c1-8(2)9-5-6-11(16-3)10(7-9)12(14)13(15)17-4/h5-8,12H,14H2,1-4H3/t12-/m0/s1. The van der Waals surface area contributed by atoms with Gasteiger partial charge in [-0.15, -0.1) is 0 Å². The highest BCUT2D eigenvalue weighted by Gasteiger charge is 2.21. The summed E-state index contributed by atoms with van der Waals surface area (Å²) in [6, 6.07) is 4.88. The van der Waals surface area contributed by atoms with Gasteiger partial charge in [-0.3, -0.25) is 4.79 Å². The van der Waals surface area contributed by atoms with E-state index in [1.165, 1.54) is 7.11 Å². The molecule has 4 nitrogen and oxygen atoms in total. The van der Waals surface area contributed by atoms with Crippen LogP contribution in [0.2, 0.25) is 0 Å². The molecule has 0 aliphatic carbocycles. The first-order valence-electron chi connectivity index (χ1n) is 5.52. The molecule has 0 aromatic heterocycles. The Balaban J connectivity index is 3.18.